The van der Waals surface area contributed by atoms with Gasteiger partial charge in [-0.15, -0.1) is 0 Å². The molecule has 17 heavy (non-hydrogen) atoms. The van der Waals surface area contributed by atoms with Gasteiger partial charge in [0.25, 0.3) is 0 Å². The van der Waals surface area contributed by atoms with Gasteiger partial charge in [-0.2, -0.15) is 5.10 Å². The van der Waals surface area contributed by atoms with Gasteiger partial charge in [0.2, 0.25) is 0 Å². The summed E-state index contributed by atoms with van der Waals surface area (Å²) in [5.74, 6) is 1.01. The van der Waals surface area contributed by atoms with Gasteiger partial charge in [0, 0.05) is 6.54 Å². The summed E-state index contributed by atoms with van der Waals surface area (Å²) in [7, 11) is 0. The van der Waals surface area contributed by atoms with Crippen molar-refractivity contribution in [3.8, 4) is 5.75 Å². The van der Waals surface area contributed by atoms with Gasteiger partial charge >= 0.3 is 0 Å². The topological polar surface area (TPSA) is 73.8 Å². The zero-order valence-electron chi connectivity index (χ0n) is 8.74. The van der Waals surface area contributed by atoms with Crippen molar-refractivity contribution in [3.63, 3.8) is 0 Å². The number of nitrogens with one attached hydrogen (secondary N) is 2. The van der Waals surface area contributed by atoms with Crippen LogP contribution in [0.3, 0.4) is 0 Å². The van der Waals surface area contributed by atoms with Crippen molar-refractivity contribution in [3.05, 3.63) is 38.8 Å². The maximum Gasteiger partial charge on any atom is 0.143 e. The van der Waals surface area contributed by atoms with Crippen LogP contribution in [-0.4, -0.2) is 20.3 Å². The van der Waals surface area contributed by atoms with Crippen molar-refractivity contribution in [2.45, 2.75) is 13.1 Å². The predicted octanol–water partition coefficient (Wildman–Crippen LogP) is 2.33. The largest absolute Gasteiger partial charge is 0.506 e. The minimum atomic E-state index is 0.212. The maximum absolute atomic E-state index is 9.57. The van der Waals surface area contributed by atoms with Crippen LogP contribution in [0.1, 0.15) is 11.4 Å². The molecule has 0 saturated heterocycles. The number of hydrogen-bond donors (Lipinski definition) is 3. The van der Waals surface area contributed by atoms with E-state index in [2.05, 4.69) is 52.4 Å². The summed E-state index contributed by atoms with van der Waals surface area (Å²) >= 11 is 6.58. The Hall–Kier alpha value is -0.920. The van der Waals surface area contributed by atoms with Gasteiger partial charge in [0.1, 0.15) is 17.9 Å². The number of phenols is 1. The van der Waals surface area contributed by atoms with Crippen LogP contribution in [0.4, 0.5) is 0 Å². The average molecular weight is 362 g/mol. The minimum absolute atomic E-state index is 0.212. The number of nitrogens with zero attached hydrogens (tertiary/aromatic N) is 2. The Morgan fingerprint density at radius 1 is 1.24 bits per heavy atom. The third-order valence-corrected chi connectivity index (χ3v) is 3.37. The normalized spacial score (nSPS) is 10.7. The molecule has 0 radical (unpaired) electrons. The van der Waals surface area contributed by atoms with Crippen molar-refractivity contribution < 1.29 is 5.11 Å². The van der Waals surface area contributed by atoms with Crippen molar-refractivity contribution in [1.82, 2.24) is 20.5 Å². The van der Waals surface area contributed by atoms with E-state index in [9.17, 15) is 5.11 Å². The molecule has 90 valence electrons. The van der Waals surface area contributed by atoms with Crippen LogP contribution >= 0.6 is 31.9 Å². The van der Waals surface area contributed by atoms with E-state index in [1.807, 2.05) is 12.1 Å². The summed E-state index contributed by atoms with van der Waals surface area (Å²) in [6.45, 7) is 1.30. The highest BCUT2D eigenvalue weighted by atomic mass is 79.9. The summed E-state index contributed by atoms with van der Waals surface area (Å²) in [6, 6.07) is 3.74. The highest BCUT2D eigenvalue weighted by molar-refractivity contribution is 9.11. The van der Waals surface area contributed by atoms with E-state index in [0.29, 0.717) is 22.0 Å². The third-order valence-electron chi connectivity index (χ3n) is 2.16. The van der Waals surface area contributed by atoms with Crippen LogP contribution < -0.4 is 5.32 Å². The lowest BCUT2D eigenvalue weighted by atomic mass is 10.2. The molecule has 1 aromatic carbocycles. The Labute approximate surface area is 115 Å². The highest BCUT2D eigenvalue weighted by Crippen LogP contribution is 2.33. The van der Waals surface area contributed by atoms with Crippen molar-refractivity contribution in [1.29, 1.82) is 0 Å². The Bertz CT molecular complexity index is 478. The summed E-state index contributed by atoms with van der Waals surface area (Å²) < 4.78 is 1.34. The van der Waals surface area contributed by atoms with E-state index in [4.69, 9.17) is 0 Å². The van der Waals surface area contributed by atoms with Crippen LogP contribution in [-0.2, 0) is 13.1 Å². The first-order valence-corrected chi connectivity index (χ1v) is 6.47. The minimum Gasteiger partial charge on any atom is -0.506 e. The highest BCUT2D eigenvalue weighted by Gasteiger charge is 2.05. The number of aromatic amines is 1. The fraction of sp³-hybridized carbons (Fsp3) is 0.200. The lowest BCUT2D eigenvalue weighted by Crippen LogP contribution is -2.13. The number of phenolic OH excluding ortho intramolecular Hbond substituents is 1. The van der Waals surface area contributed by atoms with E-state index in [1.165, 1.54) is 6.33 Å². The molecule has 0 fully saturated rings. The lowest BCUT2D eigenvalue weighted by molar-refractivity contribution is 0.468. The van der Waals surface area contributed by atoms with Crippen LogP contribution in [0.15, 0.2) is 27.4 Å². The van der Waals surface area contributed by atoms with Gasteiger partial charge in [-0.3, -0.25) is 5.10 Å². The first kappa shape index (κ1) is 12.5. The molecule has 0 unspecified atom stereocenters. The number of H-pyrrole nitrogens is 1. The first-order chi connectivity index (χ1) is 8.16. The number of aromatic hydroxyl groups is 1. The molecule has 0 aliphatic rings. The molecular weight excluding hydrogens is 352 g/mol. The quantitative estimate of drug-likeness (QED) is 0.781. The van der Waals surface area contributed by atoms with E-state index >= 15 is 0 Å². The molecule has 0 saturated carbocycles. The molecule has 2 rings (SSSR count). The summed E-state index contributed by atoms with van der Waals surface area (Å²) in [6.07, 6.45) is 1.48. The predicted molar refractivity (Wildman–Crippen MR) is 70.4 cm³/mol. The van der Waals surface area contributed by atoms with Gasteiger partial charge in [0.05, 0.1) is 15.5 Å². The summed E-state index contributed by atoms with van der Waals surface area (Å²) in [5.41, 5.74) is 1.06. The standard InChI is InChI=1S/C10H10Br2N4O/c11-7-1-6(2-8(12)10(7)17)3-13-4-9-14-5-15-16-9/h1-2,5,13,17H,3-4H2,(H,14,15,16). The van der Waals surface area contributed by atoms with E-state index in [-0.39, 0.29) is 5.75 Å². The van der Waals surface area contributed by atoms with Gasteiger partial charge in [-0.25, -0.2) is 4.98 Å². The molecule has 0 aliphatic heterocycles. The monoisotopic (exact) mass is 360 g/mol. The second-order valence-electron chi connectivity index (χ2n) is 3.44. The molecule has 0 spiro atoms. The maximum atomic E-state index is 9.57. The Morgan fingerprint density at radius 3 is 2.53 bits per heavy atom. The molecule has 0 bridgehead atoms. The van der Waals surface area contributed by atoms with E-state index in [1.54, 1.807) is 0 Å². The molecule has 7 heteroatoms. The van der Waals surface area contributed by atoms with Gasteiger partial charge in [-0.1, -0.05) is 0 Å². The smallest absolute Gasteiger partial charge is 0.143 e. The number of aromatic nitrogens is 3. The van der Waals surface area contributed by atoms with Crippen LogP contribution in [0, 0.1) is 0 Å². The molecule has 3 N–H and O–H groups in total. The van der Waals surface area contributed by atoms with E-state index in [0.717, 1.165) is 11.4 Å². The first-order valence-electron chi connectivity index (χ1n) is 4.88. The van der Waals surface area contributed by atoms with Crippen LogP contribution in [0.25, 0.3) is 0 Å². The zero-order valence-corrected chi connectivity index (χ0v) is 11.9. The summed E-state index contributed by atoms with van der Waals surface area (Å²) in [5, 5.41) is 19.3. The fourth-order valence-electron chi connectivity index (χ4n) is 1.36. The third kappa shape index (κ3) is 3.27. The van der Waals surface area contributed by atoms with Crippen molar-refractivity contribution >= 4 is 31.9 Å². The average Bonchev–Trinajstić information content (AvgIpc) is 2.79. The molecule has 0 atom stereocenters. The van der Waals surface area contributed by atoms with Crippen molar-refractivity contribution in [2.24, 2.45) is 0 Å². The Balaban J connectivity index is 1.95. The summed E-state index contributed by atoms with van der Waals surface area (Å²) in [4.78, 5) is 4.01. The second kappa shape index (κ2) is 5.61. The Morgan fingerprint density at radius 2 is 1.94 bits per heavy atom. The fourth-order valence-corrected chi connectivity index (χ4v) is 2.64. The number of hydrogen-bond acceptors (Lipinski definition) is 4. The van der Waals surface area contributed by atoms with Crippen LogP contribution in [0.2, 0.25) is 0 Å². The molecular formula is C10H10Br2N4O. The molecule has 0 aliphatic carbocycles. The van der Waals surface area contributed by atoms with Crippen molar-refractivity contribution in [2.75, 3.05) is 0 Å². The number of halogens is 2. The molecule has 1 heterocycles. The van der Waals surface area contributed by atoms with Gasteiger partial charge < -0.3 is 10.4 Å². The van der Waals surface area contributed by atoms with Crippen LogP contribution in [0.5, 0.6) is 5.75 Å². The number of rotatable bonds is 4. The SMILES string of the molecule is Oc1c(Br)cc(CNCc2ncn[nH]2)cc1Br. The number of benzene rings is 1. The lowest BCUT2D eigenvalue weighted by Gasteiger charge is -2.06. The zero-order chi connectivity index (χ0) is 12.3. The molecule has 0 amide bonds. The van der Waals surface area contributed by atoms with E-state index < -0.39 is 0 Å². The van der Waals surface area contributed by atoms with Gasteiger partial charge in [0.15, 0.2) is 0 Å². The molecule has 2 aromatic rings. The molecule has 1 aromatic heterocycles. The second-order valence-corrected chi connectivity index (χ2v) is 5.15. The Kier molecular flexibility index (Phi) is 4.14. The van der Waals surface area contributed by atoms with Gasteiger partial charge in [-0.05, 0) is 49.6 Å². The molecule has 5 nitrogen and oxygen atoms in total.